The summed E-state index contributed by atoms with van der Waals surface area (Å²) in [5.74, 6) is -0.761. The quantitative estimate of drug-likeness (QED) is 0.625. The third-order valence-corrected chi connectivity index (χ3v) is 4.57. The number of esters is 1. The lowest BCUT2D eigenvalue weighted by molar-refractivity contribution is -0.123. The molecule has 2 heterocycles. The summed E-state index contributed by atoms with van der Waals surface area (Å²) in [7, 11) is 0. The second-order valence-electron chi connectivity index (χ2n) is 7.53. The van der Waals surface area contributed by atoms with Crippen LogP contribution in [0.1, 0.15) is 57.2 Å². The molecule has 9 nitrogen and oxygen atoms in total. The normalized spacial score (nSPS) is 12.4. The first kappa shape index (κ1) is 21.2. The van der Waals surface area contributed by atoms with Crippen LogP contribution in [-0.2, 0) is 9.53 Å². The van der Waals surface area contributed by atoms with Crippen molar-refractivity contribution in [2.75, 3.05) is 5.32 Å². The third kappa shape index (κ3) is 4.10. The van der Waals surface area contributed by atoms with E-state index in [0.29, 0.717) is 16.6 Å². The standard InChI is InChI=1S/C21H25N5O4/c1-12(2)25-17(10-11-22-25)23-19(27)14(5)30-21(29)18-15-8-6-7-9-16(15)20(28)26(24-18)13(3)4/h6-14H,1-5H3,(H,23,27). The average molecular weight is 411 g/mol. The summed E-state index contributed by atoms with van der Waals surface area (Å²) in [5, 5.41) is 11.8. The lowest BCUT2D eigenvalue weighted by Crippen LogP contribution is -2.33. The molecule has 3 rings (SSSR count). The van der Waals surface area contributed by atoms with Gasteiger partial charge in [-0.25, -0.2) is 14.2 Å². The van der Waals surface area contributed by atoms with E-state index in [4.69, 9.17) is 4.74 Å². The van der Waals surface area contributed by atoms with E-state index in [1.165, 1.54) is 11.6 Å². The number of nitrogens with zero attached hydrogens (tertiary/aromatic N) is 4. The van der Waals surface area contributed by atoms with Crippen LogP contribution in [0.2, 0.25) is 0 Å². The SMILES string of the molecule is CC(OC(=O)c1nn(C(C)C)c(=O)c2ccccc12)C(=O)Nc1ccnn1C(C)C. The topological polar surface area (TPSA) is 108 Å². The molecule has 0 saturated heterocycles. The Bertz CT molecular complexity index is 1150. The van der Waals surface area contributed by atoms with Gasteiger partial charge in [-0.05, 0) is 40.7 Å². The fraction of sp³-hybridized carbons (Fsp3) is 0.381. The molecule has 158 valence electrons. The maximum atomic E-state index is 12.8. The summed E-state index contributed by atoms with van der Waals surface area (Å²) in [6.07, 6.45) is 0.505. The van der Waals surface area contributed by atoms with Gasteiger partial charge in [-0.2, -0.15) is 10.2 Å². The highest BCUT2D eigenvalue weighted by atomic mass is 16.5. The predicted octanol–water partition coefficient (Wildman–Crippen LogP) is 2.94. The predicted molar refractivity (Wildman–Crippen MR) is 113 cm³/mol. The molecule has 0 fully saturated rings. The van der Waals surface area contributed by atoms with E-state index in [1.807, 2.05) is 13.8 Å². The number of benzene rings is 1. The van der Waals surface area contributed by atoms with Crippen molar-refractivity contribution in [2.24, 2.45) is 0 Å². The number of rotatable bonds is 6. The van der Waals surface area contributed by atoms with Crippen molar-refractivity contribution < 1.29 is 14.3 Å². The second kappa shape index (κ2) is 8.48. The maximum Gasteiger partial charge on any atom is 0.360 e. The number of hydrogen-bond donors (Lipinski definition) is 1. The number of hydrogen-bond acceptors (Lipinski definition) is 6. The van der Waals surface area contributed by atoms with Gasteiger partial charge in [-0.3, -0.25) is 9.59 Å². The Morgan fingerprint density at radius 1 is 0.967 bits per heavy atom. The van der Waals surface area contributed by atoms with Gasteiger partial charge in [0.1, 0.15) is 5.82 Å². The summed E-state index contributed by atoms with van der Waals surface area (Å²) in [4.78, 5) is 38.0. The zero-order valence-electron chi connectivity index (χ0n) is 17.6. The first-order chi connectivity index (χ1) is 14.2. The Kier molecular flexibility index (Phi) is 6.00. The molecule has 0 aliphatic carbocycles. The minimum absolute atomic E-state index is 0.00854. The molecule has 0 aliphatic rings. The van der Waals surface area contributed by atoms with Crippen molar-refractivity contribution in [1.29, 1.82) is 0 Å². The van der Waals surface area contributed by atoms with E-state index in [0.717, 1.165) is 0 Å². The molecule has 30 heavy (non-hydrogen) atoms. The first-order valence-corrected chi connectivity index (χ1v) is 9.77. The van der Waals surface area contributed by atoms with E-state index in [2.05, 4.69) is 15.5 Å². The Hall–Kier alpha value is -3.49. The minimum atomic E-state index is -1.08. The van der Waals surface area contributed by atoms with Crippen molar-refractivity contribution >= 4 is 28.5 Å². The number of amides is 1. The van der Waals surface area contributed by atoms with Crippen LogP contribution in [0, 0.1) is 0 Å². The third-order valence-electron chi connectivity index (χ3n) is 4.57. The van der Waals surface area contributed by atoms with E-state index in [9.17, 15) is 14.4 Å². The molecule has 0 bridgehead atoms. The lowest BCUT2D eigenvalue weighted by atomic mass is 10.1. The molecule has 1 unspecified atom stereocenters. The molecule has 3 aromatic rings. The molecular formula is C21H25N5O4. The summed E-state index contributed by atoms with van der Waals surface area (Å²) in [6.45, 7) is 8.95. The van der Waals surface area contributed by atoms with Crippen LogP contribution < -0.4 is 10.9 Å². The van der Waals surface area contributed by atoms with Crippen LogP contribution in [0.5, 0.6) is 0 Å². The zero-order valence-corrected chi connectivity index (χ0v) is 17.6. The molecule has 1 N–H and O–H groups in total. The van der Waals surface area contributed by atoms with Crippen LogP contribution >= 0.6 is 0 Å². The molecule has 1 amide bonds. The van der Waals surface area contributed by atoms with E-state index in [1.54, 1.807) is 55.1 Å². The van der Waals surface area contributed by atoms with Gasteiger partial charge in [0.15, 0.2) is 11.8 Å². The monoisotopic (exact) mass is 411 g/mol. The molecule has 0 spiro atoms. The largest absolute Gasteiger partial charge is 0.448 e. The molecule has 9 heteroatoms. The minimum Gasteiger partial charge on any atom is -0.448 e. The van der Waals surface area contributed by atoms with Gasteiger partial charge in [-0.15, -0.1) is 0 Å². The van der Waals surface area contributed by atoms with Crippen molar-refractivity contribution in [2.45, 2.75) is 52.8 Å². The Balaban J connectivity index is 1.86. The highest BCUT2D eigenvalue weighted by molar-refractivity contribution is 6.03. The maximum absolute atomic E-state index is 12.8. The number of carbonyl (C=O) groups excluding carboxylic acids is 2. The summed E-state index contributed by atoms with van der Waals surface area (Å²) >= 11 is 0. The molecule has 1 aromatic carbocycles. The van der Waals surface area contributed by atoms with Gasteiger partial charge in [0.25, 0.3) is 11.5 Å². The Morgan fingerprint density at radius 2 is 1.60 bits per heavy atom. The fourth-order valence-corrected chi connectivity index (χ4v) is 3.03. The van der Waals surface area contributed by atoms with Crippen molar-refractivity contribution in [3.8, 4) is 0 Å². The van der Waals surface area contributed by atoms with E-state index in [-0.39, 0.29) is 23.3 Å². The van der Waals surface area contributed by atoms with E-state index >= 15 is 0 Å². The van der Waals surface area contributed by atoms with Crippen molar-refractivity contribution in [3.05, 3.63) is 52.6 Å². The molecular weight excluding hydrogens is 386 g/mol. The molecule has 0 saturated carbocycles. The van der Waals surface area contributed by atoms with Gasteiger partial charge in [0.05, 0.1) is 17.6 Å². The second-order valence-corrected chi connectivity index (χ2v) is 7.53. The molecule has 2 aromatic heterocycles. The van der Waals surface area contributed by atoms with Crippen LogP contribution in [0.15, 0.2) is 41.3 Å². The van der Waals surface area contributed by atoms with Gasteiger partial charge < -0.3 is 10.1 Å². The smallest absolute Gasteiger partial charge is 0.360 e. The number of aromatic nitrogens is 4. The number of nitrogens with one attached hydrogen (secondary N) is 1. The van der Waals surface area contributed by atoms with Crippen LogP contribution in [0.25, 0.3) is 10.8 Å². The fourth-order valence-electron chi connectivity index (χ4n) is 3.03. The highest BCUT2D eigenvalue weighted by Gasteiger charge is 2.24. The number of anilines is 1. The van der Waals surface area contributed by atoms with E-state index < -0.39 is 18.0 Å². The summed E-state index contributed by atoms with van der Waals surface area (Å²) in [5.41, 5.74) is -0.296. The summed E-state index contributed by atoms with van der Waals surface area (Å²) in [6, 6.07) is 8.18. The molecule has 0 aliphatic heterocycles. The van der Waals surface area contributed by atoms with Gasteiger partial charge in [0.2, 0.25) is 0 Å². The highest BCUT2D eigenvalue weighted by Crippen LogP contribution is 2.17. The molecule has 0 radical (unpaired) electrons. The van der Waals surface area contributed by atoms with Crippen LogP contribution in [0.3, 0.4) is 0 Å². The number of ether oxygens (including phenoxy) is 1. The van der Waals surface area contributed by atoms with Crippen LogP contribution in [0.4, 0.5) is 5.82 Å². The average Bonchev–Trinajstić information content (AvgIpc) is 3.16. The Morgan fingerprint density at radius 3 is 2.23 bits per heavy atom. The van der Waals surface area contributed by atoms with Crippen LogP contribution in [-0.4, -0.2) is 37.5 Å². The summed E-state index contributed by atoms with van der Waals surface area (Å²) < 4.78 is 8.27. The van der Waals surface area contributed by atoms with Gasteiger partial charge in [0, 0.05) is 17.5 Å². The number of carbonyl (C=O) groups is 2. The lowest BCUT2D eigenvalue weighted by Gasteiger charge is -2.17. The zero-order chi connectivity index (χ0) is 22.0. The van der Waals surface area contributed by atoms with Gasteiger partial charge >= 0.3 is 5.97 Å². The van der Waals surface area contributed by atoms with Gasteiger partial charge in [-0.1, -0.05) is 18.2 Å². The molecule has 1 atom stereocenters. The van der Waals surface area contributed by atoms with Crippen molar-refractivity contribution in [1.82, 2.24) is 19.6 Å². The Labute approximate surface area is 173 Å². The van der Waals surface area contributed by atoms with Crippen molar-refractivity contribution in [3.63, 3.8) is 0 Å². The number of fused-ring (bicyclic) bond motifs is 1. The first-order valence-electron chi connectivity index (χ1n) is 9.77.